The molecule has 0 aliphatic carbocycles. The molecule has 0 unspecified atom stereocenters. The van der Waals surface area contributed by atoms with Gasteiger partial charge in [-0.1, -0.05) is 41.9 Å². The quantitative estimate of drug-likeness (QED) is 0.354. The van der Waals surface area contributed by atoms with Gasteiger partial charge in [0.25, 0.3) is 0 Å². The Hall–Kier alpha value is -3.25. The lowest BCUT2D eigenvalue weighted by molar-refractivity contribution is 0.0551. The third kappa shape index (κ3) is 4.16. The van der Waals surface area contributed by atoms with E-state index in [-0.39, 0.29) is 0 Å². The molecular formula is C24H23ClN2O4. The molecule has 0 fully saturated rings. The SMILES string of the molecule is COc1cc2c3c(Cl)nccc3n(C(=O)OC(C)(C)C)c2cc1OCc1ccccc1. The normalized spacial score (nSPS) is 11.6. The first-order valence-electron chi connectivity index (χ1n) is 9.85. The predicted octanol–water partition coefficient (Wildman–Crippen LogP) is 6.21. The number of ether oxygens (including phenoxy) is 3. The molecule has 0 aliphatic rings. The van der Waals surface area contributed by atoms with Crippen LogP contribution in [0, 0.1) is 0 Å². The number of aromatic nitrogens is 2. The van der Waals surface area contributed by atoms with Crippen LogP contribution < -0.4 is 9.47 Å². The molecule has 160 valence electrons. The van der Waals surface area contributed by atoms with Gasteiger partial charge in [0.15, 0.2) is 11.5 Å². The van der Waals surface area contributed by atoms with Crippen molar-refractivity contribution < 1.29 is 19.0 Å². The molecule has 0 N–H and O–H groups in total. The van der Waals surface area contributed by atoms with Crippen molar-refractivity contribution in [3.63, 3.8) is 0 Å². The van der Waals surface area contributed by atoms with Gasteiger partial charge < -0.3 is 14.2 Å². The fourth-order valence-electron chi connectivity index (χ4n) is 3.44. The van der Waals surface area contributed by atoms with Crippen LogP contribution in [0.15, 0.2) is 54.7 Å². The second kappa shape index (κ2) is 8.12. The monoisotopic (exact) mass is 438 g/mol. The average Bonchev–Trinajstić information content (AvgIpc) is 3.05. The third-order valence-corrected chi connectivity index (χ3v) is 5.02. The van der Waals surface area contributed by atoms with Crippen molar-refractivity contribution in [2.75, 3.05) is 7.11 Å². The van der Waals surface area contributed by atoms with Gasteiger partial charge in [-0.3, -0.25) is 0 Å². The molecule has 2 heterocycles. The molecular weight excluding hydrogens is 416 g/mol. The summed E-state index contributed by atoms with van der Waals surface area (Å²) in [5, 5.41) is 1.67. The van der Waals surface area contributed by atoms with E-state index in [1.165, 1.54) is 4.57 Å². The van der Waals surface area contributed by atoms with Crippen molar-refractivity contribution in [2.45, 2.75) is 33.0 Å². The molecule has 4 aromatic rings. The van der Waals surface area contributed by atoms with Crippen molar-refractivity contribution >= 4 is 39.5 Å². The van der Waals surface area contributed by atoms with E-state index in [9.17, 15) is 4.79 Å². The summed E-state index contributed by atoms with van der Waals surface area (Å²) in [6, 6.07) is 15.1. The summed E-state index contributed by atoms with van der Waals surface area (Å²) in [6.45, 7) is 5.83. The molecule has 0 atom stereocenters. The topological polar surface area (TPSA) is 62.6 Å². The molecule has 0 radical (unpaired) electrons. The highest BCUT2D eigenvalue weighted by atomic mass is 35.5. The van der Waals surface area contributed by atoms with E-state index in [1.54, 1.807) is 25.4 Å². The minimum Gasteiger partial charge on any atom is -0.493 e. The molecule has 2 aromatic heterocycles. The average molecular weight is 439 g/mol. The summed E-state index contributed by atoms with van der Waals surface area (Å²) < 4.78 is 18.8. The number of nitrogens with zero attached hydrogens (tertiary/aromatic N) is 2. The van der Waals surface area contributed by atoms with Crippen LogP contribution in [0.1, 0.15) is 26.3 Å². The Balaban J connectivity index is 1.89. The number of rotatable bonds is 4. The predicted molar refractivity (Wildman–Crippen MR) is 121 cm³/mol. The van der Waals surface area contributed by atoms with E-state index in [2.05, 4.69) is 4.98 Å². The Bertz CT molecular complexity index is 1260. The van der Waals surface area contributed by atoms with Gasteiger partial charge in [-0.05, 0) is 38.5 Å². The lowest BCUT2D eigenvalue weighted by atomic mass is 10.1. The van der Waals surface area contributed by atoms with Crippen molar-refractivity contribution in [1.82, 2.24) is 9.55 Å². The Labute approximate surface area is 185 Å². The van der Waals surface area contributed by atoms with E-state index < -0.39 is 11.7 Å². The Morgan fingerprint density at radius 3 is 2.48 bits per heavy atom. The first kappa shape index (κ1) is 21.0. The third-order valence-electron chi connectivity index (χ3n) is 4.73. The minimum atomic E-state index is -0.657. The number of halogens is 1. The largest absolute Gasteiger partial charge is 0.493 e. The van der Waals surface area contributed by atoms with E-state index in [0.29, 0.717) is 39.7 Å². The van der Waals surface area contributed by atoms with Crippen LogP contribution in [-0.2, 0) is 11.3 Å². The second-order valence-corrected chi connectivity index (χ2v) is 8.46. The van der Waals surface area contributed by atoms with Crippen LogP contribution in [0.25, 0.3) is 21.8 Å². The number of benzene rings is 2. The molecule has 6 nitrogen and oxygen atoms in total. The molecule has 0 spiro atoms. The summed E-state index contributed by atoms with van der Waals surface area (Å²) in [6.07, 6.45) is 1.06. The highest BCUT2D eigenvalue weighted by molar-refractivity contribution is 6.37. The standard InChI is InChI=1S/C24H23ClN2O4/c1-24(2,3)31-23(28)27-17-10-11-26-22(25)21(17)16-12-19(29-4)20(13-18(16)27)30-14-15-8-6-5-7-9-15/h5-13H,14H2,1-4H3. The fraction of sp³-hybridized carbons (Fsp3) is 0.250. The highest BCUT2D eigenvalue weighted by Crippen LogP contribution is 2.40. The molecule has 0 saturated carbocycles. The van der Waals surface area contributed by atoms with Crippen molar-refractivity contribution in [3.05, 3.63) is 65.4 Å². The summed E-state index contributed by atoms with van der Waals surface area (Å²) in [4.78, 5) is 17.3. The number of hydrogen-bond donors (Lipinski definition) is 0. The Kier molecular flexibility index (Phi) is 5.50. The Morgan fingerprint density at radius 1 is 1.06 bits per heavy atom. The minimum absolute atomic E-state index is 0.296. The smallest absolute Gasteiger partial charge is 0.419 e. The van der Waals surface area contributed by atoms with Gasteiger partial charge in [0.05, 0.1) is 18.1 Å². The van der Waals surface area contributed by atoms with Crippen LogP contribution in [0.5, 0.6) is 11.5 Å². The van der Waals surface area contributed by atoms with Gasteiger partial charge in [-0.2, -0.15) is 0 Å². The molecule has 31 heavy (non-hydrogen) atoms. The maximum absolute atomic E-state index is 13.1. The Morgan fingerprint density at radius 2 is 1.81 bits per heavy atom. The van der Waals surface area contributed by atoms with Crippen LogP contribution in [0.2, 0.25) is 5.15 Å². The number of carbonyl (C=O) groups excluding carboxylic acids is 1. The zero-order valence-electron chi connectivity index (χ0n) is 17.8. The van der Waals surface area contributed by atoms with Gasteiger partial charge in [0.1, 0.15) is 17.4 Å². The van der Waals surface area contributed by atoms with Gasteiger partial charge in [0.2, 0.25) is 0 Å². The number of fused-ring (bicyclic) bond motifs is 3. The lowest BCUT2D eigenvalue weighted by Gasteiger charge is -2.20. The number of hydrogen-bond acceptors (Lipinski definition) is 5. The van der Waals surface area contributed by atoms with Gasteiger partial charge in [-0.25, -0.2) is 14.3 Å². The highest BCUT2D eigenvalue weighted by Gasteiger charge is 2.25. The summed E-state index contributed by atoms with van der Waals surface area (Å²) in [5.41, 5.74) is 1.56. The molecule has 0 aliphatic heterocycles. The summed E-state index contributed by atoms with van der Waals surface area (Å²) in [5.74, 6) is 1.04. The molecule has 4 rings (SSSR count). The van der Waals surface area contributed by atoms with Crippen molar-refractivity contribution in [3.8, 4) is 11.5 Å². The molecule has 0 saturated heterocycles. The van der Waals surface area contributed by atoms with Crippen molar-refractivity contribution in [1.29, 1.82) is 0 Å². The van der Waals surface area contributed by atoms with Gasteiger partial charge in [-0.15, -0.1) is 0 Å². The first-order valence-corrected chi connectivity index (χ1v) is 10.2. The van der Waals surface area contributed by atoms with Crippen LogP contribution in [-0.4, -0.2) is 28.4 Å². The van der Waals surface area contributed by atoms with E-state index in [4.69, 9.17) is 25.8 Å². The van der Waals surface area contributed by atoms with Crippen LogP contribution >= 0.6 is 11.6 Å². The van der Waals surface area contributed by atoms with E-state index in [0.717, 1.165) is 10.9 Å². The first-order chi connectivity index (χ1) is 14.8. The number of carbonyl (C=O) groups is 1. The zero-order chi connectivity index (χ0) is 22.2. The van der Waals surface area contributed by atoms with E-state index >= 15 is 0 Å². The summed E-state index contributed by atoms with van der Waals surface area (Å²) >= 11 is 6.42. The van der Waals surface area contributed by atoms with Crippen molar-refractivity contribution in [2.24, 2.45) is 0 Å². The molecule has 2 aromatic carbocycles. The maximum Gasteiger partial charge on any atom is 0.419 e. The summed E-state index contributed by atoms with van der Waals surface area (Å²) in [7, 11) is 1.57. The van der Waals surface area contributed by atoms with Gasteiger partial charge >= 0.3 is 6.09 Å². The molecule has 7 heteroatoms. The number of methoxy groups -OCH3 is 1. The fourth-order valence-corrected chi connectivity index (χ4v) is 3.69. The van der Waals surface area contributed by atoms with E-state index in [1.807, 2.05) is 57.2 Å². The van der Waals surface area contributed by atoms with Crippen LogP contribution in [0.3, 0.4) is 0 Å². The van der Waals surface area contributed by atoms with Gasteiger partial charge in [0, 0.05) is 23.0 Å². The molecule has 0 bridgehead atoms. The zero-order valence-corrected chi connectivity index (χ0v) is 18.6. The van der Waals surface area contributed by atoms with Crippen LogP contribution in [0.4, 0.5) is 4.79 Å². The second-order valence-electron chi connectivity index (χ2n) is 8.11. The maximum atomic E-state index is 13.1. The molecule has 0 amide bonds. The number of pyridine rings is 1. The lowest BCUT2D eigenvalue weighted by Crippen LogP contribution is -2.27.